The third-order valence-electron chi connectivity index (χ3n) is 4.23. The Morgan fingerprint density at radius 3 is 2.80 bits per heavy atom. The molecule has 0 saturated carbocycles. The number of hydrogen-bond acceptors (Lipinski definition) is 5. The maximum absolute atomic E-state index is 12.7. The number of thioether (sulfide) groups is 1. The molecule has 5 nitrogen and oxygen atoms in total. The van der Waals surface area contributed by atoms with Gasteiger partial charge in [-0.05, 0) is 37.8 Å². The molecule has 0 radical (unpaired) electrons. The molecule has 7 heteroatoms. The van der Waals surface area contributed by atoms with E-state index in [0.29, 0.717) is 5.75 Å². The van der Waals surface area contributed by atoms with E-state index in [9.17, 15) is 4.79 Å². The summed E-state index contributed by atoms with van der Waals surface area (Å²) in [7, 11) is 1.94. The first-order valence-electron chi connectivity index (χ1n) is 8.29. The SMILES string of the molecule is CCCn1c(C)cc(C(=O)CSc2nnc(-c3cccs3)n2C)c1C. The summed E-state index contributed by atoms with van der Waals surface area (Å²) in [5.41, 5.74) is 3.02. The molecule has 0 aliphatic rings. The second kappa shape index (κ2) is 7.58. The lowest BCUT2D eigenvalue weighted by Crippen LogP contribution is -2.07. The maximum Gasteiger partial charge on any atom is 0.191 e. The van der Waals surface area contributed by atoms with Gasteiger partial charge >= 0.3 is 0 Å². The van der Waals surface area contributed by atoms with Crippen LogP contribution in [0.1, 0.15) is 35.1 Å². The van der Waals surface area contributed by atoms with Crippen molar-refractivity contribution in [2.75, 3.05) is 5.75 Å². The summed E-state index contributed by atoms with van der Waals surface area (Å²) in [6, 6.07) is 6.02. The number of carbonyl (C=O) groups is 1. The van der Waals surface area contributed by atoms with E-state index in [-0.39, 0.29) is 5.78 Å². The molecule has 0 aliphatic carbocycles. The predicted molar refractivity (Wildman–Crippen MR) is 104 cm³/mol. The maximum atomic E-state index is 12.7. The quantitative estimate of drug-likeness (QED) is 0.456. The van der Waals surface area contributed by atoms with Gasteiger partial charge in [-0.1, -0.05) is 24.8 Å². The molecule has 0 N–H and O–H groups in total. The number of aromatic nitrogens is 4. The zero-order valence-corrected chi connectivity index (χ0v) is 16.6. The van der Waals surface area contributed by atoms with Crippen LogP contribution < -0.4 is 0 Å². The highest BCUT2D eigenvalue weighted by atomic mass is 32.2. The summed E-state index contributed by atoms with van der Waals surface area (Å²) < 4.78 is 4.17. The zero-order chi connectivity index (χ0) is 18.0. The third kappa shape index (κ3) is 3.57. The number of nitrogens with zero attached hydrogens (tertiary/aromatic N) is 4. The normalized spacial score (nSPS) is 11.2. The molecule has 0 aromatic carbocycles. The van der Waals surface area contributed by atoms with Gasteiger partial charge in [0.25, 0.3) is 0 Å². The Labute approximate surface area is 156 Å². The average Bonchev–Trinajstić information content (AvgIpc) is 3.29. The fourth-order valence-electron chi connectivity index (χ4n) is 2.92. The van der Waals surface area contributed by atoms with Crippen LogP contribution in [-0.2, 0) is 13.6 Å². The Morgan fingerprint density at radius 1 is 1.32 bits per heavy atom. The molecule has 3 aromatic rings. The van der Waals surface area contributed by atoms with E-state index >= 15 is 0 Å². The summed E-state index contributed by atoms with van der Waals surface area (Å²) in [5.74, 6) is 1.35. The summed E-state index contributed by atoms with van der Waals surface area (Å²) >= 11 is 3.07. The van der Waals surface area contributed by atoms with Crippen molar-refractivity contribution in [3.8, 4) is 10.7 Å². The van der Waals surface area contributed by atoms with Crippen LogP contribution in [0.2, 0.25) is 0 Å². The zero-order valence-electron chi connectivity index (χ0n) is 14.9. The predicted octanol–water partition coefficient (Wildman–Crippen LogP) is 4.35. The van der Waals surface area contributed by atoms with Crippen LogP contribution in [0.15, 0.2) is 28.7 Å². The van der Waals surface area contributed by atoms with E-state index in [1.807, 2.05) is 42.1 Å². The number of thiophene rings is 1. The molecular formula is C18H22N4OS2. The Morgan fingerprint density at radius 2 is 2.12 bits per heavy atom. The molecule has 132 valence electrons. The second-order valence-corrected chi connectivity index (χ2v) is 7.88. The summed E-state index contributed by atoms with van der Waals surface area (Å²) in [5, 5.41) is 11.3. The van der Waals surface area contributed by atoms with Crippen LogP contribution in [0.4, 0.5) is 0 Å². The number of Topliss-reactive ketones (excluding diaryl/α,β-unsaturated/α-hetero) is 1. The van der Waals surface area contributed by atoms with E-state index in [1.165, 1.54) is 11.8 Å². The van der Waals surface area contributed by atoms with E-state index in [1.54, 1.807) is 11.3 Å². The molecular weight excluding hydrogens is 352 g/mol. The van der Waals surface area contributed by atoms with E-state index < -0.39 is 0 Å². The van der Waals surface area contributed by atoms with Crippen molar-refractivity contribution in [3.63, 3.8) is 0 Å². The molecule has 0 spiro atoms. The lowest BCUT2D eigenvalue weighted by Gasteiger charge is -2.07. The lowest BCUT2D eigenvalue weighted by molar-refractivity contribution is 0.102. The molecule has 3 aromatic heterocycles. The van der Waals surface area contributed by atoms with Crippen LogP contribution in [0, 0.1) is 13.8 Å². The molecule has 0 amide bonds. The molecule has 0 saturated heterocycles. The largest absolute Gasteiger partial charge is 0.348 e. The van der Waals surface area contributed by atoms with Crippen molar-refractivity contribution in [2.45, 2.75) is 38.9 Å². The topological polar surface area (TPSA) is 52.7 Å². The van der Waals surface area contributed by atoms with E-state index in [4.69, 9.17) is 0 Å². The highest BCUT2D eigenvalue weighted by molar-refractivity contribution is 7.99. The van der Waals surface area contributed by atoms with Gasteiger partial charge in [-0.2, -0.15) is 0 Å². The van der Waals surface area contributed by atoms with Crippen molar-refractivity contribution in [1.29, 1.82) is 0 Å². The van der Waals surface area contributed by atoms with Gasteiger partial charge in [0.2, 0.25) is 0 Å². The van der Waals surface area contributed by atoms with Crippen molar-refractivity contribution in [2.24, 2.45) is 7.05 Å². The Kier molecular flexibility index (Phi) is 5.44. The fraction of sp³-hybridized carbons (Fsp3) is 0.389. The van der Waals surface area contributed by atoms with Gasteiger partial charge < -0.3 is 9.13 Å². The molecule has 0 aliphatic heterocycles. The van der Waals surface area contributed by atoms with E-state index in [2.05, 4.69) is 28.6 Å². The van der Waals surface area contributed by atoms with Gasteiger partial charge in [-0.15, -0.1) is 21.5 Å². The second-order valence-electron chi connectivity index (χ2n) is 5.99. The first-order chi connectivity index (χ1) is 12.0. The van der Waals surface area contributed by atoms with Gasteiger partial charge in [0.1, 0.15) is 0 Å². The molecule has 25 heavy (non-hydrogen) atoms. The minimum Gasteiger partial charge on any atom is -0.348 e. The van der Waals surface area contributed by atoms with Crippen molar-refractivity contribution in [3.05, 3.63) is 40.5 Å². The van der Waals surface area contributed by atoms with Crippen LogP contribution in [-0.4, -0.2) is 30.9 Å². The van der Waals surface area contributed by atoms with Crippen LogP contribution in [0.25, 0.3) is 10.7 Å². The number of hydrogen-bond donors (Lipinski definition) is 0. The molecule has 3 rings (SSSR count). The van der Waals surface area contributed by atoms with Crippen LogP contribution in [0.3, 0.4) is 0 Å². The lowest BCUT2D eigenvalue weighted by atomic mass is 10.2. The summed E-state index contributed by atoms with van der Waals surface area (Å²) in [6.45, 7) is 7.18. The highest BCUT2D eigenvalue weighted by Gasteiger charge is 2.18. The Hall–Kier alpha value is -1.86. The third-order valence-corrected chi connectivity index (χ3v) is 6.12. The minimum atomic E-state index is 0.140. The average molecular weight is 375 g/mol. The molecule has 3 heterocycles. The first kappa shape index (κ1) is 17.9. The van der Waals surface area contributed by atoms with E-state index in [0.717, 1.165) is 45.8 Å². The smallest absolute Gasteiger partial charge is 0.191 e. The minimum absolute atomic E-state index is 0.140. The fourth-order valence-corrected chi connectivity index (χ4v) is 4.46. The number of aryl methyl sites for hydroxylation is 1. The Balaban J connectivity index is 1.72. The van der Waals surface area contributed by atoms with Crippen molar-refractivity contribution < 1.29 is 4.79 Å². The number of carbonyl (C=O) groups excluding carboxylic acids is 1. The van der Waals surface area contributed by atoms with Gasteiger partial charge in [0.15, 0.2) is 16.8 Å². The first-order valence-corrected chi connectivity index (χ1v) is 10.2. The molecule has 0 unspecified atom stereocenters. The molecule has 0 bridgehead atoms. The van der Waals surface area contributed by atoms with Gasteiger partial charge in [-0.25, -0.2) is 0 Å². The van der Waals surface area contributed by atoms with Gasteiger partial charge in [0, 0.05) is 30.5 Å². The molecule has 0 atom stereocenters. The van der Waals surface area contributed by atoms with Crippen LogP contribution >= 0.6 is 23.1 Å². The number of rotatable bonds is 7. The Bertz CT molecular complexity index is 877. The van der Waals surface area contributed by atoms with Crippen molar-refractivity contribution in [1.82, 2.24) is 19.3 Å². The number of ketones is 1. The molecule has 0 fully saturated rings. The summed E-state index contributed by atoms with van der Waals surface area (Å²) in [6.07, 6.45) is 1.06. The van der Waals surface area contributed by atoms with Gasteiger partial charge in [-0.3, -0.25) is 4.79 Å². The highest BCUT2D eigenvalue weighted by Crippen LogP contribution is 2.27. The van der Waals surface area contributed by atoms with Gasteiger partial charge in [0.05, 0.1) is 10.6 Å². The monoisotopic (exact) mass is 374 g/mol. The standard InChI is InChI=1S/C18H22N4OS2/c1-5-8-22-12(2)10-14(13(22)3)15(23)11-25-18-20-19-17(21(18)4)16-7-6-9-24-16/h6-7,9-10H,5,8,11H2,1-4H3. The van der Waals surface area contributed by atoms with Crippen LogP contribution in [0.5, 0.6) is 0 Å². The van der Waals surface area contributed by atoms with Crippen molar-refractivity contribution >= 4 is 28.9 Å². The summed E-state index contributed by atoms with van der Waals surface area (Å²) in [4.78, 5) is 13.7.